The third-order valence-corrected chi connectivity index (χ3v) is 3.22. The number of nitrogens with two attached hydrogens (primary N) is 1. The van der Waals surface area contributed by atoms with Crippen molar-refractivity contribution in [3.05, 3.63) is 35.5 Å². The lowest BCUT2D eigenvalue weighted by molar-refractivity contribution is -0.138. The van der Waals surface area contributed by atoms with Crippen LogP contribution in [0.25, 0.3) is 10.9 Å². The summed E-state index contributed by atoms with van der Waals surface area (Å²) in [4.78, 5) is 14.2. The predicted molar refractivity (Wildman–Crippen MR) is 67.1 cm³/mol. The van der Waals surface area contributed by atoms with E-state index in [1.807, 2.05) is 38.1 Å². The topological polar surface area (TPSA) is 79.1 Å². The van der Waals surface area contributed by atoms with Crippen molar-refractivity contribution in [2.45, 2.75) is 25.8 Å². The van der Waals surface area contributed by atoms with Crippen LogP contribution in [-0.2, 0) is 4.79 Å². The van der Waals surface area contributed by atoms with E-state index >= 15 is 0 Å². The van der Waals surface area contributed by atoms with Crippen LogP contribution in [0.5, 0.6) is 0 Å². The largest absolute Gasteiger partial charge is 0.480 e. The smallest absolute Gasteiger partial charge is 0.321 e. The molecule has 0 radical (unpaired) electrons. The summed E-state index contributed by atoms with van der Waals surface area (Å²) in [5.41, 5.74) is 8.69. The van der Waals surface area contributed by atoms with Crippen LogP contribution in [0.2, 0.25) is 0 Å². The standard InChI is InChI=1S/C13H16N2O2/c1-7(12(14)13(16)17)11-8(2)15-10-6-4-3-5-9(10)11/h3-7,12,15H,14H2,1-2H3,(H,16,17)/t7?,12-/m0/s1. The molecule has 0 bridgehead atoms. The highest BCUT2D eigenvalue weighted by atomic mass is 16.4. The Balaban J connectivity index is 2.54. The zero-order valence-electron chi connectivity index (χ0n) is 9.90. The van der Waals surface area contributed by atoms with Crippen molar-refractivity contribution in [3.8, 4) is 0 Å². The van der Waals surface area contributed by atoms with E-state index in [9.17, 15) is 4.79 Å². The Morgan fingerprint density at radius 3 is 2.71 bits per heavy atom. The van der Waals surface area contributed by atoms with Crippen LogP contribution in [0.4, 0.5) is 0 Å². The summed E-state index contributed by atoms with van der Waals surface area (Å²) in [6.07, 6.45) is 0. The highest BCUT2D eigenvalue weighted by molar-refractivity contribution is 5.86. The second-order valence-corrected chi connectivity index (χ2v) is 4.36. The number of carbonyl (C=O) groups is 1. The first-order chi connectivity index (χ1) is 8.02. The molecule has 2 atom stereocenters. The minimum atomic E-state index is -0.970. The summed E-state index contributed by atoms with van der Waals surface area (Å²) in [6.45, 7) is 3.79. The fraction of sp³-hybridized carbons (Fsp3) is 0.308. The van der Waals surface area contributed by atoms with Crippen molar-refractivity contribution in [2.75, 3.05) is 0 Å². The Morgan fingerprint density at radius 1 is 1.41 bits per heavy atom. The number of hydrogen-bond acceptors (Lipinski definition) is 2. The van der Waals surface area contributed by atoms with Gasteiger partial charge in [-0.25, -0.2) is 0 Å². The van der Waals surface area contributed by atoms with Gasteiger partial charge >= 0.3 is 5.97 Å². The number of carboxylic acids is 1. The third-order valence-electron chi connectivity index (χ3n) is 3.22. The van der Waals surface area contributed by atoms with E-state index < -0.39 is 12.0 Å². The van der Waals surface area contributed by atoms with Crippen molar-refractivity contribution in [3.63, 3.8) is 0 Å². The Kier molecular flexibility index (Phi) is 2.90. The highest BCUT2D eigenvalue weighted by Crippen LogP contribution is 2.30. The number of aryl methyl sites for hydroxylation is 1. The first-order valence-electron chi connectivity index (χ1n) is 5.58. The second kappa shape index (κ2) is 4.22. The maximum Gasteiger partial charge on any atom is 0.321 e. The average Bonchev–Trinajstić information content (AvgIpc) is 2.62. The van der Waals surface area contributed by atoms with Crippen LogP contribution in [0, 0.1) is 6.92 Å². The Hall–Kier alpha value is -1.81. The number of benzene rings is 1. The molecular formula is C13H16N2O2. The number of para-hydroxylation sites is 1. The number of carboxylic acid groups (broad SMARTS) is 1. The molecule has 2 rings (SSSR count). The molecule has 0 saturated carbocycles. The first kappa shape index (κ1) is 11.7. The summed E-state index contributed by atoms with van der Waals surface area (Å²) in [5.74, 6) is -1.19. The van der Waals surface area contributed by atoms with Crippen LogP contribution >= 0.6 is 0 Å². The fourth-order valence-corrected chi connectivity index (χ4v) is 2.28. The first-order valence-corrected chi connectivity index (χ1v) is 5.58. The molecule has 1 aromatic heterocycles. The lowest BCUT2D eigenvalue weighted by Crippen LogP contribution is -2.35. The van der Waals surface area contributed by atoms with Crippen LogP contribution < -0.4 is 5.73 Å². The van der Waals surface area contributed by atoms with Gasteiger partial charge in [0.25, 0.3) is 0 Å². The molecule has 2 aromatic rings. The summed E-state index contributed by atoms with van der Waals surface area (Å²) < 4.78 is 0. The minimum Gasteiger partial charge on any atom is -0.480 e. The molecule has 0 spiro atoms. The Bertz CT molecular complexity index is 560. The molecule has 4 N–H and O–H groups in total. The molecule has 1 heterocycles. The van der Waals surface area contributed by atoms with Gasteiger partial charge in [-0.1, -0.05) is 25.1 Å². The summed E-state index contributed by atoms with van der Waals surface area (Å²) in [7, 11) is 0. The van der Waals surface area contributed by atoms with E-state index in [4.69, 9.17) is 10.8 Å². The summed E-state index contributed by atoms with van der Waals surface area (Å²) in [5, 5.41) is 10.0. The SMILES string of the molecule is Cc1[nH]c2ccccc2c1C(C)[C@H](N)C(=O)O. The van der Waals surface area contributed by atoms with Gasteiger partial charge in [-0.15, -0.1) is 0 Å². The molecule has 4 heteroatoms. The van der Waals surface area contributed by atoms with E-state index in [2.05, 4.69) is 4.98 Å². The number of aliphatic carboxylic acids is 1. The Labute approximate surface area is 99.4 Å². The lowest BCUT2D eigenvalue weighted by atomic mass is 9.91. The zero-order chi connectivity index (χ0) is 12.6. The monoisotopic (exact) mass is 232 g/mol. The second-order valence-electron chi connectivity index (χ2n) is 4.36. The van der Waals surface area contributed by atoms with Crippen LogP contribution in [0.1, 0.15) is 24.1 Å². The molecule has 17 heavy (non-hydrogen) atoms. The van der Waals surface area contributed by atoms with Crippen molar-refractivity contribution in [1.82, 2.24) is 4.98 Å². The summed E-state index contributed by atoms with van der Waals surface area (Å²) in [6, 6.07) is 6.97. The van der Waals surface area contributed by atoms with Gasteiger partial charge < -0.3 is 15.8 Å². The summed E-state index contributed by atoms with van der Waals surface area (Å²) >= 11 is 0. The van der Waals surface area contributed by atoms with Crippen molar-refractivity contribution in [2.24, 2.45) is 5.73 Å². The maximum atomic E-state index is 10.9. The number of fused-ring (bicyclic) bond motifs is 1. The number of hydrogen-bond donors (Lipinski definition) is 3. The number of nitrogens with one attached hydrogen (secondary N) is 1. The number of aromatic amines is 1. The average molecular weight is 232 g/mol. The van der Waals surface area contributed by atoms with Crippen molar-refractivity contribution >= 4 is 16.9 Å². The van der Waals surface area contributed by atoms with Gasteiger partial charge in [0, 0.05) is 22.5 Å². The molecule has 4 nitrogen and oxygen atoms in total. The van der Waals surface area contributed by atoms with E-state index in [0.29, 0.717) is 0 Å². The van der Waals surface area contributed by atoms with Crippen LogP contribution in [0.15, 0.2) is 24.3 Å². The van der Waals surface area contributed by atoms with Crippen LogP contribution in [-0.4, -0.2) is 22.1 Å². The van der Waals surface area contributed by atoms with Crippen molar-refractivity contribution < 1.29 is 9.90 Å². The van der Waals surface area contributed by atoms with Crippen molar-refractivity contribution in [1.29, 1.82) is 0 Å². The van der Waals surface area contributed by atoms with Gasteiger partial charge in [-0.2, -0.15) is 0 Å². The van der Waals surface area contributed by atoms with Gasteiger partial charge in [0.2, 0.25) is 0 Å². The van der Waals surface area contributed by atoms with Gasteiger partial charge in [0.15, 0.2) is 0 Å². The highest BCUT2D eigenvalue weighted by Gasteiger charge is 2.25. The molecule has 0 aliphatic heterocycles. The third kappa shape index (κ3) is 1.91. The maximum absolute atomic E-state index is 10.9. The predicted octanol–water partition coefficient (Wildman–Crippen LogP) is 1.99. The van der Waals surface area contributed by atoms with E-state index in [1.165, 1.54) is 0 Å². The van der Waals surface area contributed by atoms with Gasteiger partial charge in [0.1, 0.15) is 6.04 Å². The molecule has 1 aromatic carbocycles. The number of rotatable bonds is 3. The molecular weight excluding hydrogens is 216 g/mol. The fourth-order valence-electron chi connectivity index (χ4n) is 2.28. The van der Waals surface area contributed by atoms with E-state index in [0.717, 1.165) is 22.2 Å². The minimum absolute atomic E-state index is 0.219. The number of H-pyrrole nitrogens is 1. The molecule has 0 aliphatic rings. The lowest BCUT2D eigenvalue weighted by Gasteiger charge is -2.16. The molecule has 90 valence electrons. The molecule has 0 saturated heterocycles. The number of aromatic nitrogens is 1. The normalized spacial score (nSPS) is 14.8. The quantitative estimate of drug-likeness (QED) is 0.757. The van der Waals surface area contributed by atoms with E-state index in [1.54, 1.807) is 0 Å². The molecule has 0 fully saturated rings. The zero-order valence-corrected chi connectivity index (χ0v) is 9.90. The Morgan fingerprint density at radius 2 is 2.06 bits per heavy atom. The molecule has 0 aliphatic carbocycles. The van der Waals surface area contributed by atoms with Crippen LogP contribution in [0.3, 0.4) is 0 Å². The van der Waals surface area contributed by atoms with Gasteiger partial charge in [0.05, 0.1) is 0 Å². The van der Waals surface area contributed by atoms with Gasteiger partial charge in [-0.3, -0.25) is 4.79 Å². The van der Waals surface area contributed by atoms with E-state index in [-0.39, 0.29) is 5.92 Å². The molecule has 1 unspecified atom stereocenters. The van der Waals surface area contributed by atoms with Gasteiger partial charge in [-0.05, 0) is 18.6 Å². The molecule has 0 amide bonds.